The molecule has 1 saturated heterocycles. The molecule has 0 aliphatic carbocycles. The quantitative estimate of drug-likeness (QED) is 0.695. The van der Waals surface area contributed by atoms with E-state index in [4.69, 9.17) is 9.72 Å². The first-order valence-electron chi connectivity index (χ1n) is 9.22. The van der Waals surface area contributed by atoms with Gasteiger partial charge in [0.2, 0.25) is 0 Å². The summed E-state index contributed by atoms with van der Waals surface area (Å²) in [5.41, 5.74) is 3.74. The minimum absolute atomic E-state index is 0. The van der Waals surface area contributed by atoms with E-state index in [0.29, 0.717) is 0 Å². The zero-order valence-electron chi connectivity index (χ0n) is 15.4. The number of aliphatic hydroxyl groups excluding tert-OH is 1. The largest absolute Gasteiger partial charge is 0.497 e. The highest BCUT2D eigenvalue weighted by molar-refractivity contribution is 5.86. The molecule has 0 radical (unpaired) electrons. The molecule has 2 N–H and O–H groups in total. The summed E-state index contributed by atoms with van der Waals surface area (Å²) in [6.07, 6.45) is 2.79. The number of piperidine rings is 1. The number of rotatable bonds is 4. The molecule has 5 heteroatoms. The lowest BCUT2D eigenvalue weighted by Gasteiger charge is -2.29. The van der Waals surface area contributed by atoms with Crippen LogP contribution in [0.15, 0.2) is 54.6 Å². The van der Waals surface area contributed by atoms with Gasteiger partial charge in [-0.15, -0.1) is 12.4 Å². The van der Waals surface area contributed by atoms with Gasteiger partial charge >= 0.3 is 0 Å². The molecule has 4 nitrogen and oxygen atoms in total. The predicted octanol–water partition coefficient (Wildman–Crippen LogP) is 4.51. The molecular formula is C22H25ClN2O2. The van der Waals surface area contributed by atoms with Gasteiger partial charge < -0.3 is 15.2 Å². The summed E-state index contributed by atoms with van der Waals surface area (Å²) in [4.78, 5) is 4.82. The van der Waals surface area contributed by atoms with Gasteiger partial charge in [0.15, 0.2) is 0 Å². The third-order valence-corrected chi connectivity index (χ3v) is 5.18. The van der Waals surface area contributed by atoms with E-state index in [9.17, 15) is 5.11 Å². The Bertz CT molecular complexity index is 892. The van der Waals surface area contributed by atoms with E-state index in [1.54, 1.807) is 7.11 Å². The van der Waals surface area contributed by atoms with Crippen LogP contribution in [-0.4, -0.2) is 29.8 Å². The van der Waals surface area contributed by atoms with Crippen LogP contribution < -0.4 is 10.1 Å². The molecule has 3 aromatic rings. The number of para-hydroxylation sites is 1. The van der Waals surface area contributed by atoms with E-state index in [2.05, 4.69) is 5.32 Å². The van der Waals surface area contributed by atoms with Crippen LogP contribution in [-0.2, 0) is 0 Å². The number of halogens is 1. The number of benzene rings is 2. The van der Waals surface area contributed by atoms with Gasteiger partial charge in [-0.05, 0) is 61.3 Å². The van der Waals surface area contributed by atoms with Gasteiger partial charge in [-0.2, -0.15) is 0 Å². The van der Waals surface area contributed by atoms with Gasteiger partial charge in [-0.25, -0.2) is 4.98 Å². The second-order valence-corrected chi connectivity index (χ2v) is 6.84. The van der Waals surface area contributed by atoms with Crippen molar-refractivity contribution in [1.82, 2.24) is 10.3 Å². The molecule has 1 aromatic heterocycles. The Labute approximate surface area is 166 Å². The van der Waals surface area contributed by atoms with Crippen LogP contribution >= 0.6 is 12.4 Å². The molecule has 1 aliphatic rings. The highest BCUT2D eigenvalue weighted by Crippen LogP contribution is 2.32. The molecule has 2 atom stereocenters. The van der Waals surface area contributed by atoms with E-state index in [1.165, 1.54) is 6.42 Å². The number of aliphatic hydroxyl groups is 1. The summed E-state index contributed by atoms with van der Waals surface area (Å²) in [6.45, 7) is 0.968. The second-order valence-electron chi connectivity index (χ2n) is 6.84. The molecule has 1 aliphatic heterocycles. The fraction of sp³-hybridized carbons (Fsp3) is 0.318. The zero-order chi connectivity index (χ0) is 17.9. The van der Waals surface area contributed by atoms with Crippen molar-refractivity contribution >= 4 is 23.3 Å². The third kappa shape index (κ3) is 4.08. The van der Waals surface area contributed by atoms with Crippen molar-refractivity contribution in [2.24, 2.45) is 0 Å². The number of nitrogens with zero attached hydrogens (tertiary/aromatic N) is 1. The Morgan fingerprint density at radius 2 is 1.89 bits per heavy atom. The van der Waals surface area contributed by atoms with Gasteiger partial charge in [0.05, 0.1) is 24.4 Å². The van der Waals surface area contributed by atoms with Crippen molar-refractivity contribution in [3.63, 3.8) is 0 Å². The number of hydrogen-bond acceptors (Lipinski definition) is 4. The lowest BCUT2D eigenvalue weighted by atomic mass is 9.92. The summed E-state index contributed by atoms with van der Waals surface area (Å²) in [5, 5.41) is 15.6. The normalized spacial score (nSPS) is 17.9. The maximum Gasteiger partial charge on any atom is 0.118 e. The maximum absolute atomic E-state index is 11.1. The number of ether oxygens (including phenoxy) is 1. The fourth-order valence-corrected chi connectivity index (χ4v) is 3.72. The average Bonchev–Trinajstić information content (AvgIpc) is 2.73. The maximum atomic E-state index is 11.1. The minimum atomic E-state index is -0.541. The second kappa shape index (κ2) is 8.70. The van der Waals surface area contributed by atoms with Crippen LogP contribution in [0.3, 0.4) is 0 Å². The van der Waals surface area contributed by atoms with Gasteiger partial charge in [-0.1, -0.05) is 24.6 Å². The summed E-state index contributed by atoms with van der Waals surface area (Å²) in [7, 11) is 1.66. The highest BCUT2D eigenvalue weighted by Gasteiger charge is 2.25. The van der Waals surface area contributed by atoms with Crippen LogP contribution in [0.25, 0.3) is 22.2 Å². The predicted molar refractivity (Wildman–Crippen MR) is 112 cm³/mol. The third-order valence-electron chi connectivity index (χ3n) is 5.18. The van der Waals surface area contributed by atoms with Crippen molar-refractivity contribution in [3.05, 3.63) is 60.2 Å². The fourth-order valence-electron chi connectivity index (χ4n) is 3.72. The SMILES string of the molecule is COc1ccc(-c2cc([C@@H](O)[C@H]3CCCCN3)c3ccccc3n2)cc1.Cl. The molecule has 1 fully saturated rings. The van der Waals surface area contributed by atoms with Crippen LogP contribution in [0.5, 0.6) is 5.75 Å². The monoisotopic (exact) mass is 384 g/mol. The van der Waals surface area contributed by atoms with E-state index >= 15 is 0 Å². The number of aromatic nitrogens is 1. The number of fused-ring (bicyclic) bond motifs is 1. The Kier molecular flexibility index (Phi) is 6.32. The minimum Gasteiger partial charge on any atom is -0.497 e. The Morgan fingerprint density at radius 1 is 1.11 bits per heavy atom. The van der Waals surface area contributed by atoms with E-state index in [1.807, 2.05) is 54.6 Å². The van der Waals surface area contributed by atoms with Crippen LogP contribution in [0, 0.1) is 0 Å². The Hall–Kier alpha value is -2.14. The van der Waals surface area contributed by atoms with E-state index in [-0.39, 0.29) is 18.4 Å². The summed E-state index contributed by atoms with van der Waals surface area (Å²) >= 11 is 0. The Morgan fingerprint density at radius 3 is 2.59 bits per heavy atom. The number of pyridine rings is 1. The van der Waals surface area contributed by atoms with Gasteiger partial charge in [0.25, 0.3) is 0 Å². The number of nitrogens with one attached hydrogen (secondary N) is 1. The van der Waals surface area contributed by atoms with Crippen molar-refractivity contribution in [3.8, 4) is 17.0 Å². The van der Waals surface area contributed by atoms with Gasteiger partial charge in [0, 0.05) is 17.0 Å². The first kappa shape index (κ1) is 19.6. The molecule has 0 bridgehead atoms. The van der Waals surface area contributed by atoms with Crippen molar-refractivity contribution < 1.29 is 9.84 Å². The molecule has 2 aromatic carbocycles. The first-order chi connectivity index (χ1) is 12.8. The lowest BCUT2D eigenvalue weighted by Crippen LogP contribution is -2.38. The van der Waals surface area contributed by atoms with Gasteiger partial charge in [0.1, 0.15) is 5.75 Å². The average molecular weight is 385 g/mol. The molecular weight excluding hydrogens is 360 g/mol. The summed E-state index contributed by atoms with van der Waals surface area (Å²) in [6, 6.07) is 18.0. The molecule has 27 heavy (non-hydrogen) atoms. The molecule has 2 heterocycles. The van der Waals surface area contributed by atoms with Gasteiger partial charge in [-0.3, -0.25) is 0 Å². The molecule has 0 saturated carbocycles. The van der Waals surface area contributed by atoms with E-state index < -0.39 is 6.10 Å². The lowest BCUT2D eigenvalue weighted by molar-refractivity contribution is 0.115. The molecule has 0 amide bonds. The van der Waals surface area contributed by atoms with Crippen molar-refractivity contribution in [2.45, 2.75) is 31.4 Å². The van der Waals surface area contributed by atoms with Crippen LogP contribution in [0.1, 0.15) is 30.9 Å². The van der Waals surface area contributed by atoms with Crippen molar-refractivity contribution in [2.75, 3.05) is 13.7 Å². The van der Waals surface area contributed by atoms with Crippen molar-refractivity contribution in [1.29, 1.82) is 0 Å². The first-order valence-corrected chi connectivity index (χ1v) is 9.22. The highest BCUT2D eigenvalue weighted by atomic mass is 35.5. The Balaban J connectivity index is 0.00000210. The molecule has 142 valence electrons. The number of methoxy groups -OCH3 is 1. The van der Waals surface area contributed by atoms with E-state index in [0.717, 1.165) is 52.9 Å². The summed E-state index contributed by atoms with van der Waals surface area (Å²) in [5.74, 6) is 0.821. The zero-order valence-corrected chi connectivity index (χ0v) is 16.2. The van der Waals surface area contributed by atoms with Crippen LogP contribution in [0.2, 0.25) is 0 Å². The van der Waals surface area contributed by atoms with Crippen LogP contribution in [0.4, 0.5) is 0 Å². The molecule has 0 spiro atoms. The standard InChI is InChI=1S/C22H24N2O2.ClH/c1-26-16-11-9-15(10-12-16)21-14-18(17-6-2-3-7-19(17)24-21)22(25)20-8-4-5-13-23-20;/h2-3,6-7,9-12,14,20,22-23,25H,4-5,8,13H2,1H3;1H/t20-,22-;/m1./s1. The topological polar surface area (TPSA) is 54.4 Å². The summed E-state index contributed by atoms with van der Waals surface area (Å²) < 4.78 is 5.25. The molecule has 4 rings (SSSR count). The smallest absolute Gasteiger partial charge is 0.118 e. The number of hydrogen-bond donors (Lipinski definition) is 2. The molecule has 0 unspecified atom stereocenters.